The van der Waals surface area contributed by atoms with Gasteiger partial charge < -0.3 is 9.84 Å². The van der Waals surface area contributed by atoms with Crippen molar-refractivity contribution in [3.05, 3.63) is 144 Å². The minimum Gasteiger partial charge on any atom is -0.386 e. The summed E-state index contributed by atoms with van der Waals surface area (Å²) in [5, 5.41) is 11.5. The molecule has 0 aliphatic carbocycles. The molecule has 1 aliphatic heterocycles. The number of ketones is 2. The molecule has 180 valence electrons. The van der Waals surface area contributed by atoms with E-state index in [-0.39, 0.29) is 18.0 Å². The number of hydrogen-bond donors (Lipinski definition) is 1. The average molecular weight is 477 g/mol. The Labute approximate surface area is 211 Å². The molecule has 4 nitrogen and oxygen atoms in total. The van der Waals surface area contributed by atoms with Crippen LogP contribution >= 0.6 is 0 Å². The van der Waals surface area contributed by atoms with Crippen LogP contribution in [0.1, 0.15) is 50.5 Å². The first-order valence-electron chi connectivity index (χ1n) is 12.2. The maximum Gasteiger partial charge on any atom is 0.169 e. The Hall–Kier alpha value is -3.86. The van der Waals surface area contributed by atoms with E-state index in [2.05, 4.69) is 0 Å². The van der Waals surface area contributed by atoms with Gasteiger partial charge in [0.15, 0.2) is 11.6 Å². The zero-order valence-electron chi connectivity index (χ0n) is 19.8. The van der Waals surface area contributed by atoms with Crippen molar-refractivity contribution in [3.8, 4) is 0 Å². The number of aliphatic hydroxyl groups excluding tert-OH is 1. The zero-order valence-corrected chi connectivity index (χ0v) is 19.8. The van der Waals surface area contributed by atoms with E-state index in [4.69, 9.17) is 4.74 Å². The summed E-state index contributed by atoms with van der Waals surface area (Å²) < 4.78 is 6.55. The van der Waals surface area contributed by atoms with Crippen LogP contribution in [-0.2, 0) is 4.74 Å². The molecule has 0 amide bonds. The Kier molecular flexibility index (Phi) is 7.17. The molecule has 0 bridgehead atoms. The van der Waals surface area contributed by atoms with E-state index in [1.165, 1.54) is 0 Å². The molecular formula is C32H28O4. The molecule has 36 heavy (non-hydrogen) atoms. The first-order chi connectivity index (χ1) is 17.6. The lowest BCUT2D eigenvalue weighted by Crippen LogP contribution is -2.34. The molecule has 4 aromatic rings. The summed E-state index contributed by atoms with van der Waals surface area (Å²) in [4.78, 5) is 27.4. The first kappa shape index (κ1) is 23.9. The Morgan fingerprint density at radius 1 is 0.694 bits per heavy atom. The highest BCUT2D eigenvalue weighted by molar-refractivity contribution is 6.00. The van der Waals surface area contributed by atoms with Crippen LogP contribution in [0.5, 0.6) is 0 Å². The van der Waals surface area contributed by atoms with Crippen molar-refractivity contribution in [2.45, 2.75) is 24.7 Å². The van der Waals surface area contributed by atoms with Gasteiger partial charge in [0.25, 0.3) is 0 Å². The van der Waals surface area contributed by atoms with Gasteiger partial charge in [0.2, 0.25) is 0 Å². The third-order valence-corrected chi connectivity index (χ3v) is 6.97. The highest BCUT2D eigenvalue weighted by Gasteiger charge is 2.52. The van der Waals surface area contributed by atoms with Crippen molar-refractivity contribution >= 4 is 11.6 Å². The number of aliphatic hydroxyl groups is 1. The maximum atomic E-state index is 14.0. The molecule has 1 fully saturated rings. The standard InChI is InChI=1S/C32H28O4/c33-27(22-13-5-1-6-14-22)21-26-28(29(34)23-15-7-2-8-16-23)32(30(35)24-17-9-3-10-18-24)36-31(26)25-19-11-4-12-20-25/h1-20,26,28,30-32,35H,21H2/t26-,28+,30?,31+,32-/m1/s1. The minimum atomic E-state index is -1.02. The van der Waals surface area contributed by atoms with Gasteiger partial charge in [-0.25, -0.2) is 0 Å². The third-order valence-electron chi connectivity index (χ3n) is 6.97. The van der Waals surface area contributed by atoms with Crippen molar-refractivity contribution < 1.29 is 19.4 Å². The number of carbonyl (C=O) groups excluding carboxylic acids is 2. The number of carbonyl (C=O) groups is 2. The van der Waals surface area contributed by atoms with Crippen molar-refractivity contribution in [2.75, 3.05) is 0 Å². The minimum absolute atomic E-state index is 0.0501. The summed E-state index contributed by atoms with van der Waals surface area (Å²) in [6.45, 7) is 0. The molecular weight excluding hydrogens is 448 g/mol. The van der Waals surface area contributed by atoms with E-state index < -0.39 is 30.1 Å². The molecule has 1 heterocycles. The molecule has 0 spiro atoms. The van der Waals surface area contributed by atoms with Gasteiger partial charge in [0, 0.05) is 23.5 Å². The Morgan fingerprint density at radius 2 is 1.19 bits per heavy atom. The Balaban J connectivity index is 1.58. The lowest BCUT2D eigenvalue weighted by molar-refractivity contribution is -0.0476. The van der Waals surface area contributed by atoms with E-state index in [1.54, 1.807) is 24.3 Å². The molecule has 1 aliphatic rings. The van der Waals surface area contributed by atoms with Crippen molar-refractivity contribution in [1.82, 2.24) is 0 Å². The maximum absolute atomic E-state index is 14.0. The highest BCUT2D eigenvalue weighted by Crippen LogP contribution is 2.49. The summed E-state index contributed by atoms with van der Waals surface area (Å²) in [5.74, 6) is -1.33. The predicted octanol–water partition coefficient (Wildman–Crippen LogP) is 6.25. The normalized spacial score (nSPS) is 22.1. The van der Waals surface area contributed by atoms with Crippen LogP contribution < -0.4 is 0 Å². The number of rotatable bonds is 8. The molecule has 0 saturated carbocycles. The fourth-order valence-corrected chi connectivity index (χ4v) is 5.19. The molecule has 1 N–H and O–H groups in total. The lowest BCUT2D eigenvalue weighted by Gasteiger charge is -2.26. The van der Waals surface area contributed by atoms with Gasteiger partial charge in [-0.05, 0) is 11.1 Å². The second-order valence-corrected chi connectivity index (χ2v) is 9.20. The topological polar surface area (TPSA) is 63.6 Å². The molecule has 5 rings (SSSR count). The molecule has 5 atom stereocenters. The predicted molar refractivity (Wildman–Crippen MR) is 139 cm³/mol. The quantitative estimate of drug-likeness (QED) is 0.305. The van der Waals surface area contributed by atoms with Crippen LogP contribution in [0.4, 0.5) is 0 Å². The first-order valence-corrected chi connectivity index (χ1v) is 12.2. The van der Waals surface area contributed by atoms with Crippen LogP contribution in [0.25, 0.3) is 0 Å². The average Bonchev–Trinajstić information content (AvgIpc) is 3.33. The summed E-state index contributed by atoms with van der Waals surface area (Å²) in [6, 6.07) is 37.1. The molecule has 1 saturated heterocycles. The summed E-state index contributed by atoms with van der Waals surface area (Å²) >= 11 is 0. The molecule has 4 heteroatoms. The van der Waals surface area contributed by atoms with Crippen LogP contribution in [0.3, 0.4) is 0 Å². The van der Waals surface area contributed by atoms with E-state index in [0.29, 0.717) is 16.7 Å². The van der Waals surface area contributed by atoms with Crippen molar-refractivity contribution in [3.63, 3.8) is 0 Å². The van der Waals surface area contributed by atoms with Crippen molar-refractivity contribution in [2.24, 2.45) is 11.8 Å². The van der Waals surface area contributed by atoms with E-state index in [0.717, 1.165) is 5.56 Å². The van der Waals surface area contributed by atoms with Gasteiger partial charge in [-0.15, -0.1) is 0 Å². The smallest absolute Gasteiger partial charge is 0.169 e. The summed E-state index contributed by atoms with van der Waals surface area (Å²) in [6.07, 6.45) is -2.21. The van der Waals surface area contributed by atoms with E-state index in [1.807, 2.05) is 97.1 Å². The molecule has 0 aromatic heterocycles. The second kappa shape index (κ2) is 10.8. The van der Waals surface area contributed by atoms with Crippen LogP contribution in [0, 0.1) is 11.8 Å². The summed E-state index contributed by atoms with van der Waals surface area (Å²) in [5.41, 5.74) is 2.71. The number of ether oxygens (including phenoxy) is 1. The lowest BCUT2D eigenvalue weighted by atomic mass is 9.75. The fourth-order valence-electron chi connectivity index (χ4n) is 5.19. The van der Waals surface area contributed by atoms with Gasteiger partial charge >= 0.3 is 0 Å². The largest absolute Gasteiger partial charge is 0.386 e. The third kappa shape index (κ3) is 4.92. The highest BCUT2D eigenvalue weighted by atomic mass is 16.5. The number of Topliss-reactive ketones (excluding diaryl/α,β-unsaturated/α-hetero) is 2. The van der Waals surface area contributed by atoms with Crippen molar-refractivity contribution in [1.29, 1.82) is 0 Å². The van der Waals surface area contributed by atoms with Gasteiger partial charge in [0.1, 0.15) is 6.10 Å². The monoisotopic (exact) mass is 476 g/mol. The van der Waals surface area contributed by atoms with Crippen LogP contribution in [0.2, 0.25) is 0 Å². The number of benzene rings is 4. The van der Waals surface area contributed by atoms with Gasteiger partial charge in [0.05, 0.1) is 18.1 Å². The van der Waals surface area contributed by atoms with Gasteiger partial charge in [-0.3, -0.25) is 9.59 Å². The van der Waals surface area contributed by atoms with E-state index in [9.17, 15) is 14.7 Å². The van der Waals surface area contributed by atoms with Gasteiger partial charge in [-0.1, -0.05) is 121 Å². The molecule has 4 aromatic carbocycles. The van der Waals surface area contributed by atoms with E-state index >= 15 is 0 Å². The van der Waals surface area contributed by atoms with Gasteiger partial charge in [-0.2, -0.15) is 0 Å². The SMILES string of the molecule is O=C(C[C@@H]1[C@@H](C(=O)c2ccccc2)[C@H](C(O)c2ccccc2)O[C@H]1c1ccccc1)c1ccccc1. The Bertz CT molecular complexity index is 1290. The number of hydrogen-bond acceptors (Lipinski definition) is 4. The fraction of sp³-hybridized carbons (Fsp3) is 0.188. The Morgan fingerprint density at radius 3 is 1.78 bits per heavy atom. The molecule has 1 unspecified atom stereocenters. The second-order valence-electron chi connectivity index (χ2n) is 9.20. The van der Waals surface area contributed by atoms with Crippen LogP contribution in [-0.4, -0.2) is 22.8 Å². The molecule has 0 radical (unpaired) electrons. The summed E-state index contributed by atoms with van der Waals surface area (Å²) in [7, 11) is 0. The zero-order chi connectivity index (χ0) is 24.9. The van der Waals surface area contributed by atoms with Crippen LogP contribution in [0.15, 0.2) is 121 Å².